The predicted octanol–water partition coefficient (Wildman–Crippen LogP) is 2.92. The third kappa shape index (κ3) is 4.62. The third-order valence-corrected chi connectivity index (χ3v) is 6.29. The quantitative estimate of drug-likeness (QED) is 0.630. The van der Waals surface area contributed by atoms with Crippen LogP contribution in [0.2, 0.25) is 0 Å². The second-order valence-electron chi connectivity index (χ2n) is 5.81. The van der Waals surface area contributed by atoms with Crippen molar-refractivity contribution in [2.45, 2.75) is 18.2 Å². The highest BCUT2D eigenvalue weighted by molar-refractivity contribution is 7.89. The topological polar surface area (TPSA) is 97.4 Å². The van der Waals surface area contributed by atoms with Crippen molar-refractivity contribution in [3.63, 3.8) is 0 Å². The van der Waals surface area contributed by atoms with Crippen LogP contribution in [0.5, 0.6) is 5.75 Å². The molecule has 0 aliphatic carbocycles. The van der Waals surface area contributed by atoms with E-state index < -0.39 is 10.0 Å². The minimum atomic E-state index is -3.68. The summed E-state index contributed by atoms with van der Waals surface area (Å²) in [4.78, 5) is 16.6. The number of carbonyl (C=O) groups excluding carboxylic acids is 1. The minimum absolute atomic E-state index is 0.00426. The summed E-state index contributed by atoms with van der Waals surface area (Å²) in [5, 5.41) is 3.22. The number of aryl methyl sites for hydroxylation is 1. The van der Waals surface area contributed by atoms with Gasteiger partial charge in [0.2, 0.25) is 15.9 Å². The third-order valence-electron chi connectivity index (χ3n) is 3.88. The van der Waals surface area contributed by atoms with Crippen LogP contribution in [0.25, 0.3) is 10.2 Å². The van der Waals surface area contributed by atoms with E-state index in [0.717, 1.165) is 15.8 Å². The number of hydrogen-bond donors (Lipinski definition) is 2. The first-order chi connectivity index (χ1) is 12.9. The van der Waals surface area contributed by atoms with E-state index in [1.54, 1.807) is 12.1 Å². The van der Waals surface area contributed by atoms with E-state index >= 15 is 0 Å². The zero-order chi connectivity index (χ0) is 19.4. The SMILES string of the molecule is COc1ccc(S(=O)(=O)NCCC(=O)Nc2nc3c(C)cccc3s2)cc1. The molecule has 0 saturated carbocycles. The summed E-state index contributed by atoms with van der Waals surface area (Å²) < 4.78 is 32.9. The van der Waals surface area contributed by atoms with Crippen molar-refractivity contribution in [1.82, 2.24) is 9.71 Å². The van der Waals surface area contributed by atoms with Gasteiger partial charge in [0.25, 0.3) is 0 Å². The number of amides is 1. The molecule has 7 nitrogen and oxygen atoms in total. The van der Waals surface area contributed by atoms with Gasteiger partial charge in [-0.05, 0) is 42.8 Å². The highest BCUT2D eigenvalue weighted by Crippen LogP contribution is 2.27. The second kappa shape index (κ2) is 8.03. The van der Waals surface area contributed by atoms with E-state index in [0.29, 0.717) is 10.9 Å². The molecule has 142 valence electrons. The van der Waals surface area contributed by atoms with E-state index in [9.17, 15) is 13.2 Å². The number of ether oxygens (including phenoxy) is 1. The van der Waals surface area contributed by atoms with Crippen LogP contribution >= 0.6 is 11.3 Å². The van der Waals surface area contributed by atoms with Crippen molar-refractivity contribution in [1.29, 1.82) is 0 Å². The van der Waals surface area contributed by atoms with Gasteiger partial charge in [-0.15, -0.1) is 0 Å². The Morgan fingerprint density at radius 3 is 2.59 bits per heavy atom. The van der Waals surface area contributed by atoms with Crippen LogP contribution in [-0.4, -0.2) is 33.0 Å². The molecule has 0 bridgehead atoms. The van der Waals surface area contributed by atoms with Gasteiger partial charge >= 0.3 is 0 Å². The number of benzene rings is 2. The van der Waals surface area contributed by atoms with Gasteiger partial charge in [0.15, 0.2) is 5.13 Å². The van der Waals surface area contributed by atoms with Crippen molar-refractivity contribution >= 4 is 42.6 Å². The Labute approximate surface area is 161 Å². The maximum Gasteiger partial charge on any atom is 0.240 e. The number of carbonyl (C=O) groups is 1. The van der Waals surface area contributed by atoms with Gasteiger partial charge in [-0.3, -0.25) is 4.79 Å². The number of nitrogens with one attached hydrogen (secondary N) is 2. The fourth-order valence-corrected chi connectivity index (χ4v) is 4.45. The van der Waals surface area contributed by atoms with Crippen LogP contribution in [0.15, 0.2) is 47.4 Å². The molecule has 0 atom stereocenters. The van der Waals surface area contributed by atoms with Gasteiger partial charge in [0.1, 0.15) is 5.75 Å². The molecule has 2 aromatic carbocycles. The number of aromatic nitrogens is 1. The summed E-state index contributed by atoms with van der Waals surface area (Å²) in [5.74, 6) is 0.267. The predicted molar refractivity (Wildman–Crippen MR) is 106 cm³/mol. The molecule has 0 aliphatic rings. The number of fused-ring (bicyclic) bond motifs is 1. The van der Waals surface area contributed by atoms with Crippen LogP contribution in [-0.2, 0) is 14.8 Å². The van der Waals surface area contributed by atoms with Crippen molar-refractivity contribution in [2.75, 3.05) is 19.0 Å². The lowest BCUT2D eigenvalue weighted by atomic mass is 10.2. The van der Waals surface area contributed by atoms with Crippen molar-refractivity contribution in [2.24, 2.45) is 0 Å². The number of anilines is 1. The molecule has 27 heavy (non-hydrogen) atoms. The van der Waals surface area contributed by atoms with Crippen LogP contribution in [0, 0.1) is 6.92 Å². The Morgan fingerprint density at radius 2 is 1.93 bits per heavy atom. The molecule has 2 N–H and O–H groups in total. The molecule has 0 aliphatic heterocycles. The molecule has 9 heteroatoms. The smallest absolute Gasteiger partial charge is 0.240 e. The molecule has 0 spiro atoms. The summed E-state index contributed by atoms with van der Waals surface area (Å²) in [6, 6.07) is 11.9. The number of thiazole rings is 1. The highest BCUT2D eigenvalue weighted by atomic mass is 32.2. The Kier molecular flexibility index (Phi) is 5.73. The monoisotopic (exact) mass is 405 g/mol. The zero-order valence-corrected chi connectivity index (χ0v) is 16.5. The number of methoxy groups -OCH3 is 1. The van der Waals surface area contributed by atoms with Gasteiger partial charge < -0.3 is 10.1 Å². The second-order valence-corrected chi connectivity index (χ2v) is 8.61. The summed E-state index contributed by atoms with van der Waals surface area (Å²) in [5.41, 5.74) is 1.90. The Hall–Kier alpha value is -2.49. The van der Waals surface area contributed by atoms with Gasteiger partial charge in [-0.1, -0.05) is 23.5 Å². The lowest BCUT2D eigenvalue weighted by Gasteiger charge is -2.07. The van der Waals surface area contributed by atoms with E-state index in [1.165, 1.54) is 30.6 Å². The van der Waals surface area contributed by atoms with Crippen LogP contribution < -0.4 is 14.8 Å². The highest BCUT2D eigenvalue weighted by Gasteiger charge is 2.15. The number of para-hydroxylation sites is 1. The average Bonchev–Trinajstić information content (AvgIpc) is 3.05. The average molecular weight is 406 g/mol. The van der Waals surface area contributed by atoms with E-state index in [1.807, 2.05) is 25.1 Å². The number of hydrogen-bond acceptors (Lipinski definition) is 6. The first-order valence-electron chi connectivity index (χ1n) is 8.19. The van der Waals surface area contributed by atoms with Crippen LogP contribution in [0.4, 0.5) is 5.13 Å². The fourth-order valence-electron chi connectivity index (χ4n) is 2.46. The molecule has 3 aromatic rings. The molecule has 0 unspecified atom stereocenters. The lowest BCUT2D eigenvalue weighted by molar-refractivity contribution is -0.116. The molecular weight excluding hydrogens is 386 g/mol. The standard InChI is InChI=1S/C18H19N3O4S2/c1-12-4-3-5-15-17(12)21-18(26-15)20-16(22)10-11-19-27(23,24)14-8-6-13(25-2)7-9-14/h3-9,19H,10-11H2,1-2H3,(H,20,21,22). The Balaban J connectivity index is 1.55. The van der Waals surface area contributed by atoms with Gasteiger partial charge in [-0.2, -0.15) is 0 Å². The largest absolute Gasteiger partial charge is 0.497 e. The van der Waals surface area contributed by atoms with Gasteiger partial charge in [0.05, 0.1) is 22.2 Å². The van der Waals surface area contributed by atoms with E-state index in [4.69, 9.17) is 4.74 Å². The van der Waals surface area contributed by atoms with Crippen LogP contribution in [0.1, 0.15) is 12.0 Å². The summed E-state index contributed by atoms with van der Waals surface area (Å²) in [6.07, 6.45) is 0.00426. The van der Waals surface area contributed by atoms with Crippen LogP contribution in [0.3, 0.4) is 0 Å². The zero-order valence-electron chi connectivity index (χ0n) is 14.9. The maximum atomic E-state index is 12.2. The molecule has 1 heterocycles. The van der Waals surface area contributed by atoms with Gasteiger partial charge in [0, 0.05) is 13.0 Å². The van der Waals surface area contributed by atoms with Gasteiger partial charge in [-0.25, -0.2) is 18.1 Å². The summed E-state index contributed by atoms with van der Waals surface area (Å²) in [7, 11) is -2.17. The molecule has 3 rings (SSSR count). The lowest BCUT2D eigenvalue weighted by Crippen LogP contribution is -2.27. The number of sulfonamides is 1. The van der Waals surface area contributed by atoms with Crippen molar-refractivity contribution < 1.29 is 17.9 Å². The number of rotatable bonds is 7. The first kappa shape index (κ1) is 19.3. The molecule has 1 amide bonds. The fraction of sp³-hybridized carbons (Fsp3) is 0.222. The van der Waals surface area contributed by atoms with E-state index in [-0.39, 0.29) is 23.8 Å². The molecular formula is C18H19N3O4S2. The molecule has 0 saturated heterocycles. The maximum absolute atomic E-state index is 12.2. The Bertz CT molecular complexity index is 1060. The first-order valence-corrected chi connectivity index (χ1v) is 10.5. The van der Waals surface area contributed by atoms with Crippen molar-refractivity contribution in [3.8, 4) is 5.75 Å². The molecule has 1 aromatic heterocycles. The Morgan fingerprint density at radius 1 is 1.19 bits per heavy atom. The molecule has 0 radical (unpaired) electrons. The summed E-state index contributed by atoms with van der Waals surface area (Å²) in [6.45, 7) is 1.95. The minimum Gasteiger partial charge on any atom is -0.497 e. The molecule has 0 fully saturated rings. The van der Waals surface area contributed by atoms with E-state index in [2.05, 4.69) is 15.0 Å². The number of nitrogens with zero attached hydrogens (tertiary/aromatic N) is 1. The van der Waals surface area contributed by atoms with Crippen molar-refractivity contribution in [3.05, 3.63) is 48.0 Å². The normalized spacial score (nSPS) is 11.5. The summed E-state index contributed by atoms with van der Waals surface area (Å²) >= 11 is 1.39.